The number of nitrogens with zero attached hydrogens (tertiary/aromatic N) is 2. The molecule has 0 saturated carbocycles. The molecule has 1 heterocycles. The summed E-state index contributed by atoms with van der Waals surface area (Å²) in [5.41, 5.74) is 0. The van der Waals surface area contributed by atoms with Crippen LogP contribution in [0.4, 0.5) is 4.79 Å². The summed E-state index contributed by atoms with van der Waals surface area (Å²) in [6.45, 7) is 8.85. The maximum Gasteiger partial charge on any atom is 0.317 e. The summed E-state index contributed by atoms with van der Waals surface area (Å²) in [6, 6.07) is 0.107. The molecule has 1 unspecified atom stereocenters. The van der Waals surface area contributed by atoms with Crippen LogP contribution in [0, 0.1) is 5.92 Å². The van der Waals surface area contributed by atoms with Crippen LogP contribution in [0.15, 0.2) is 0 Å². The van der Waals surface area contributed by atoms with Crippen molar-refractivity contribution in [1.29, 1.82) is 0 Å². The number of likely N-dealkylation sites (N-methyl/N-ethyl adjacent to an activating group) is 1. The van der Waals surface area contributed by atoms with Crippen LogP contribution >= 0.6 is 0 Å². The maximum absolute atomic E-state index is 11.8. The third-order valence-electron chi connectivity index (χ3n) is 3.25. The van der Waals surface area contributed by atoms with Gasteiger partial charge in [0.25, 0.3) is 0 Å². The first kappa shape index (κ1) is 13.3. The lowest BCUT2D eigenvalue weighted by atomic mass is 10.0. The number of amides is 2. The van der Waals surface area contributed by atoms with Crippen LogP contribution in [-0.2, 0) is 0 Å². The second-order valence-electron chi connectivity index (χ2n) is 4.82. The van der Waals surface area contributed by atoms with Crippen molar-refractivity contribution in [3.63, 3.8) is 0 Å². The molecule has 2 amide bonds. The van der Waals surface area contributed by atoms with E-state index in [0.29, 0.717) is 5.92 Å². The normalized spacial score (nSPS) is 21.2. The van der Waals surface area contributed by atoms with Gasteiger partial charge in [0.2, 0.25) is 0 Å². The molecule has 1 rings (SSSR count). The number of urea groups is 1. The molecule has 0 radical (unpaired) electrons. The van der Waals surface area contributed by atoms with E-state index in [2.05, 4.69) is 31.1 Å². The second kappa shape index (κ2) is 6.74. The highest BCUT2D eigenvalue weighted by atomic mass is 16.2. The van der Waals surface area contributed by atoms with Crippen LogP contribution in [0.1, 0.15) is 26.7 Å². The second-order valence-corrected chi connectivity index (χ2v) is 4.82. The molecule has 0 aliphatic carbocycles. The Morgan fingerprint density at radius 1 is 1.56 bits per heavy atom. The summed E-state index contributed by atoms with van der Waals surface area (Å²) in [6.07, 6.45) is 2.39. The largest absolute Gasteiger partial charge is 0.337 e. The zero-order valence-corrected chi connectivity index (χ0v) is 10.8. The minimum atomic E-state index is 0.107. The van der Waals surface area contributed by atoms with Crippen LogP contribution in [0.3, 0.4) is 0 Å². The number of likely N-dealkylation sites (tertiary alicyclic amines) is 1. The maximum atomic E-state index is 11.8. The van der Waals surface area contributed by atoms with E-state index in [1.54, 1.807) is 0 Å². The van der Waals surface area contributed by atoms with E-state index in [1.807, 2.05) is 4.90 Å². The highest BCUT2D eigenvalue weighted by Crippen LogP contribution is 2.14. The van der Waals surface area contributed by atoms with Crippen LogP contribution < -0.4 is 5.32 Å². The lowest BCUT2D eigenvalue weighted by molar-refractivity contribution is 0.168. The Labute approximate surface area is 99.0 Å². The minimum absolute atomic E-state index is 0.107. The van der Waals surface area contributed by atoms with Gasteiger partial charge in [0, 0.05) is 26.2 Å². The van der Waals surface area contributed by atoms with E-state index in [0.717, 1.165) is 39.1 Å². The molecule has 0 aromatic carbocycles. The zero-order valence-electron chi connectivity index (χ0n) is 10.8. The average Bonchev–Trinajstić information content (AvgIpc) is 2.28. The Hall–Kier alpha value is -0.770. The fourth-order valence-electron chi connectivity index (χ4n) is 2.00. The van der Waals surface area contributed by atoms with E-state index >= 15 is 0 Å². The fourth-order valence-corrected chi connectivity index (χ4v) is 2.00. The Morgan fingerprint density at radius 3 is 2.94 bits per heavy atom. The third kappa shape index (κ3) is 4.39. The molecule has 0 aromatic heterocycles. The van der Waals surface area contributed by atoms with Gasteiger partial charge in [0.1, 0.15) is 0 Å². The average molecular weight is 227 g/mol. The third-order valence-corrected chi connectivity index (χ3v) is 3.25. The van der Waals surface area contributed by atoms with Gasteiger partial charge in [-0.3, -0.25) is 0 Å². The van der Waals surface area contributed by atoms with Crippen molar-refractivity contribution in [3.05, 3.63) is 0 Å². The van der Waals surface area contributed by atoms with Crippen molar-refractivity contribution >= 4 is 6.03 Å². The topological polar surface area (TPSA) is 35.6 Å². The lowest BCUT2D eigenvalue weighted by Crippen LogP contribution is -2.46. The van der Waals surface area contributed by atoms with Gasteiger partial charge in [-0.15, -0.1) is 0 Å². The smallest absolute Gasteiger partial charge is 0.317 e. The van der Waals surface area contributed by atoms with E-state index in [4.69, 9.17) is 0 Å². The molecular formula is C12H25N3O. The molecule has 1 atom stereocenters. The van der Waals surface area contributed by atoms with Gasteiger partial charge in [-0.1, -0.05) is 13.8 Å². The van der Waals surface area contributed by atoms with Gasteiger partial charge < -0.3 is 15.1 Å². The van der Waals surface area contributed by atoms with Gasteiger partial charge in [0.15, 0.2) is 0 Å². The van der Waals surface area contributed by atoms with Crippen molar-refractivity contribution in [1.82, 2.24) is 15.1 Å². The first-order chi connectivity index (χ1) is 7.63. The molecule has 1 fully saturated rings. The monoisotopic (exact) mass is 227 g/mol. The van der Waals surface area contributed by atoms with Crippen LogP contribution in [0.2, 0.25) is 0 Å². The van der Waals surface area contributed by atoms with Gasteiger partial charge >= 0.3 is 6.03 Å². The Morgan fingerprint density at radius 2 is 2.31 bits per heavy atom. The Balaban J connectivity index is 2.19. The minimum Gasteiger partial charge on any atom is -0.337 e. The van der Waals surface area contributed by atoms with E-state index in [-0.39, 0.29) is 6.03 Å². The van der Waals surface area contributed by atoms with E-state index in [1.165, 1.54) is 6.42 Å². The van der Waals surface area contributed by atoms with Crippen LogP contribution in [-0.4, -0.2) is 55.6 Å². The molecule has 1 saturated heterocycles. The fraction of sp³-hybridized carbons (Fsp3) is 0.917. The molecule has 0 bridgehead atoms. The van der Waals surface area contributed by atoms with Crippen molar-refractivity contribution in [2.24, 2.45) is 5.92 Å². The molecular weight excluding hydrogens is 202 g/mol. The summed E-state index contributed by atoms with van der Waals surface area (Å²) in [7, 11) is 2.06. The SMILES string of the molecule is CCN(C)CCNC(=O)N1CCCC(C)C1. The number of hydrogen-bond donors (Lipinski definition) is 1. The van der Waals surface area contributed by atoms with Crippen molar-refractivity contribution in [2.45, 2.75) is 26.7 Å². The van der Waals surface area contributed by atoms with Gasteiger partial charge in [-0.05, 0) is 32.4 Å². The first-order valence-electron chi connectivity index (χ1n) is 6.34. The molecule has 1 aliphatic rings. The Kier molecular flexibility index (Phi) is 5.60. The predicted molar refractivity (Wildman–Crippen MR) is 66.5 cm³/mol. The molecule has 0 aromatic rings. The highest BCUT2D eigenvalue weighted by molar-refractivity contribution is 5.74. The summed E-state index contributed by atoms with van der Waals surface area (Å²) in [5.74, 6) is 0.651. The Bertz CT molecular complexity index is 220. The highest BCUT2D eigenvalue weighted by Gasteiger charge is 2.20. The molecule has 0 spiro atoms. The van der Waals surface area contributed by atoms with E-state index < -0.39 is 0 Å². The number of nitrogens with one attached hydrogen (secondary N) is 1. The summed E-state index contributed by atoms with van der Waals surface area (Å²) in [5, 5.41) is 2.98. The van der Waals surface area contributed by atoms with Crippen LogP contribution in [0.25, 0.3) is 0 Å². The molecule has 1 aliphatic heterocycles. The van der Waals surface area contributed by atoms with Crippen molar-refractivity contribution in [2.75, 3.05) is 39.8 Å². The first-order valence-corrected chi connectivity index (χ1v) is 6.34. The standard InChI is InChI=1S/C12H25N3O/c1-4-14(3)9-7-13-12(16)15-8-5-6-11(2)10-15/h11H,4-10H2,1-3H3,(H,13,16). The number of carbonyl (C=O) groups is 1. The zero-order chi connectivity index (χ0) is 12.0. The predicted octanol–water partition coefficient (Wildman–Crippen LogP) is 1.38. The van der Waals surface area contributed by atoms with Crippen molar-refractivity contribution in [3.8, 4) is 0 Å². The van der Waals surface area contributed by atoms with Gasteiger partial charge in [-0.2, -0.15) is 0 Å². The van der Waals surface area contributed by atoms with Gasteiger partial charge in [-0.25, -0.2) is 4.79 Å². The molecule has 94 valence electrons. The quantitative estimate of drug-likeness (QED) is 0.787. The molecule has 4 nitrogen and oxygen atoms in total. The molecule has 1 N–H and O–H groups in total. The van der Waals surface area contributed by atoms with Crippen molar-refractivity contribution < 1.29 is 4.79 Å². The summed E-state index contributed by atoms with van der Waals surface area (Å²) in [4.78, 5) is 15.9. The van der Waals surface area contributed by atoms with E-state index in [9.17, 15) is 4.79 Å². The molecule has 4 heteroatoms. The molecule has 16 heavy (non-hydrogen) atoms. The number of rotatable bonds is 4. The summed E-state index contributed by atoms with van der Waals surface area (Å²) >= 11 is 0. The summed E-state index contributed by atoms with van der Waals surface area (Å²) < 4.78 is 0. The lowest BCUT2D eigenvalue weighted by Gasteiger charge is -2.31. The van der Waals surface area contributed by atoms with Gasteiger partial charge in [0.05, 0.1) is 0 Å². The van der Waals surface area contributed by atoms with Crippen LogP contribution in [0.5, 0.6) is 0 Å². The number of hydrogen-bond acceptors (Lipinski definition) is 2. The number of carbonyl (C=O) groups excluding carboxylic acids is 1. The number of piperidine rings is 1.